The molecule has 1 aliphatic rings. The Hall–Kier alpha value is -2.98. The van der Waals surface area contributed by atoms with Crippen LogP contribution in [0.1, 0.15) is 21.5 Å². The summed E-state index contributed by atoms with van der Waals surface area (Å²) < 4.78 is 4.91. The topological polar surface area (TPSA) is 109 Å². The van der Waals surface area contributed by atoms with Crippen LogP contribution in [0.2, 0.25) is 0 Å². The lowest BCUT2D eigenvalue weighted by atomic mass is 10.0. The molecular formula is C28H35N5O2S2. The molecule has 1 amide bonds. The maximum absolute atomic E-state index is 11.8. The molecule has 0 aliphatic carbocycles. The first-order chi connectivity index (χ1) is 17.7. The number of methoxy groups -OCH3 is 1. The Morgan fingerprint density at radius 2 is 1.84 bits per heavy atom. The van der Waals surface area contributed by atoms with E-state index in [0.717, 1.165) is 22.4 Å². The Kier molecular flexibility index (Phi) is 10.5. The molecule has 0 aromatic heterocycles. The van der Waals surface area contributed by atoms with Gasteiger partial charge in [0.2, 0.25) is 0 Å². The lowest BCUT2D eigenvalue weighted by molar-refractivity contribution is 0.0744. The minimum atomic E-state index is -0.0112. The number of hydrogen-bond acceptors (Lipinski definition) is 7. The van der Waals surface area contributed by atoms with Crippen molar-refractivity contribution in [2.24, 2.45) is 11.5 Å². The standard InChI is InChI=1S/C17H20N4S.C11H15NO2S/c1-21-14-7-2-3-8-15(14)22-17(21)13(18)10-11-5-4-6-12(9-11)16(19)20;1-12(6-7-14-2)11(13)9-4-3-5-10(15)8-9/h2-9,13,17H,10,18H2,1H3,(H3,19,20);3-5,8,15H,6-7H2,1-2H3. The molecule has 37 heavy (non-hydrogen) atoms. The van der Waals surface area contributed by atoms with Crippen molar-refractivity contribution in [3.63, 3.8) is 0 Å². The van der Waals surface area contributed by atoms with Gasteiger partial charge in [0.25, 0.3) is 5.91 Å². The zero-order chi connectivity index (χ0) is 26.9. The van der Waals surface area contributed by atoms with E-state index in [9.17, 15) is 4.79 Å². The van der Waals surface area contributed by atoms with Gasteiger partial charge in [-0.05, 0) is 48.4 Å². The van der Waals surface area contributed by atoms with E-state index in [1.807, 2.05) is 48.2 Å². The number of amides is 1. The molecule has 0 fully saturated rings. The van der Waals surface area contributed by atoms with Crippen LogP contribution in [-0.4, -0.2) is 62.4 Å². The number of nitrogens with one attached hydrogen (secondary N) is 1. The fourth-order valence-corrected chi connectivity index (χ4v) is 5.51. The third-order valence-corrected chi connectivity index (χ3v) is 7.81. The van der Waals surface area contributed by atoms with E-state index in [4.69, 9.17) is 21.6 Å². The van der Waals surface area contributed by atoms with Gasteiger partial charge in [0.15, 0.2) is 0 Å². The summed E-state index contributed by atoms with van der Waals surface area (Å²) in [5.41, 5.74) is 15.8. The minimum Gasteiger partial charge on any atom is -0.384 e. The number of thiol groups is 1. The Balaban J connectivity index is 0.000000222. The number of rotatable bonds is 8. The number of ether oxygens (including phenoxy) is 1. The number of carbonyl (C=O) groups is 1. The summed E-state index contributed by atoms with van der Waals surface area (Å²) in [5.74, 6) is 0.0816. The lowest BCUT2D eigenvalue weighted by Crippen LogP contribution is -2.43. The van der Waals surface area contributed by atoms with Crippen molar-refractivity contribution in [2.75, 3.05) is 39.3 Å². The number of fused-ring (bicyclic) bond motifs is 1. The summed E-state index contributed by atoms with van der Waals surface area (Å²) in [4.78, 5) is 17.8. The Morgan fingerprint density at radius 1 is 1.14 bits per heavy atom. The number of nitrogen functional groups attached to an aromatic ring is 1. The second kappa shape index (κ2) is 13.5. The van der Waals surface area contributed by atoms with Gasteiger partial charge in [-0.2, -0.15) is 0 Å². The first-order valence-corrected chi connectivity index (χ1v) is 13.2. The Morgan fingerprint density at radius 3 is 2.51 bits per heavy atom. The zero-order valence-electron chi connectivity index (χ0n) is 21.4. The van der Waals surface area contributed by atoms with Gasteiger partial charge in [0.05, 0.1) is 17.7 Å². The first kappa shape index (κ1) is 28.6. The van der Waals surface area contributed by atoms with E-state index in [1.165, 1.54) is 10.6 Å². The SMILES string of the molecule is CN1c2ccccc2SC1C(N)Cc1cccc(C(=N)N)c1.COCCN(C)C(=O)c1cccc(S)c1. The lowest BCUT2D eigenvalue weighted by Gasteiger charge is -2.27. The van der Waals surface area contributed by atoms with Gasteiger partial charge in [0, 0.05) is 54.7 Å². The monoisotopic (exact) mass is 537 g/mol. The summed E-state index contributed by atoms with van der Waals surface area (Å²) >= 11 is 6.01. The smallest absolute Gasteiger partial charge is 0.253 e. The van der Waals surface area contributed by atoms with Crippen LogP contribution >= 0.6 is 24.4 Å². The van der Waals surface area contributed by atoms with E-state index in [0.29, 0.717) is 18.7 Å². The average molecular weight is 538 g/mol. The van der Waals surface area contributed by atoms with Crippen LogP contribution < -0.4 is 16.4 Å². The molecule has 1 aliphatic heterocycles. The first-order valence-electron chi connectivity index (χ1n) is 11.9. The fourth-order valence-electron chi connectivity index (χ4n) is 4.00. The van der Waals surface area contributed by atoms with Crippen LogP contribution in [0.5, 0.6) is 0 Å². The summed E-state index contributed by atoms with van der Waals surface area (Å²) in [6.07, 6.45) is 0.761. The van der Waals surface area contributed by atoms with Crippen molar-refractivity contribution in [1.82, 2.24) is 4.90 Å². The van der Waals surface area contributed by atoms with Gasteiger partial charge in [0.1, 0.15) is 5.84 Å². The highest BCUT2D eigenvalue weighted by Crippen LogP contribution is 2.43. The molecular weight excluding hydrogens is 502 g/mol. The van der Waals surface area contributed by atoms with Gasteiger partial charge in [-0.3, -0.25) is 10.2 Å². The summed E-state index contributed by atoms with van der Waals surface area (Å²) in [6, 6.07) is 23.4. The van der Waals surface area contributed by atoms with Crippen LogP contribution in [0, 0.1) is 5.41 Å². The number of amidine groups is 1. The van der Waals surface area contributed by atoms with E-state index in [-0.39, 0.29) is 23.2 Å². The highest BCUT2D eigenvalue weighted by atomic mass is 32.2. The molecule has 0 saturated carbocycles. The molecule has 3 aromatic carbocycles. The predicted octanol–water partition coefficient (Wildman–Crippen LogP) is 4.10. The molecule has 2 atom stereocenters. The van der Waals surface area contributed by atoms with Crippen LogP contribution in [0.4, 0.5) is 5.69 Å². The van der Waals surface area contributed by atoms with Gasteiger partial charge >= 0.3 is 0 Å². The van der Waals surface area contributed by atoms with E-state index in [2.05, 4.69) is 48.8 Å². The summed E-state index contributed by atoms with van der Waals surface area (Å²) in [5, 5.41) is 7.76. The van der Waals surface area contributed by atoms with Gasteiger partial charge in [-0.1, -0.05) is 48.2 Å². The molecule has 7 nitrogen and oxygen atoms in total. The number of hydrogen-bond donors (Lipinski definition) is 4. The number of likely N-dealkylation sites (N-methyl/N-ethyl adjacent to an activating group) is 2. The average Bonchev–Trinajstić information content (AvgIpc) is 3.24. The van der Waals surface area contributed by atoms with Crippen LogP contribution in [-0.2, 0) is 11.2 Å². The minimum absolute atomic E-state index is 0.00427. The molecule has 1 heterocycles. The molecule has 4 rings (SSSR count). The Bertz CT molecular complexity index is 1220. The van der Waals surface area contributed by atoms with Crippen LogP contribution in [0.3, 0.4) is 0 Å². The van der Waals surface area contributed by atoms with Crippen molar-refractivity contribution in [2.45, 2.75) is 27.6 Å². The molecule has 0 radical (unpaired) electrons. The summed E-state index contributed by atoms with van der Waals surface area (Å²) in [7, 11) is 5.47. The molecule has 196 valence electrons. The van der Waals surface area contributed by atoms with E-state index < -0.39 is 0 Å². The number of para-hydroxylation sites is 1. The third-order valence-electron chi connectivity index (χ3n) is 6.02. The Labute approximate surface area is 229 Å². The van der Waals surface area contributed by atoms with Crippen molar-refractivity contribution in [3.8, 4) is 0 Å². The van der Waals surface area contributed by atoms with Gasteiger partial charge in [-0.25, -0.2) is 0 Å². The number of thioether (sulfide) groups is 1. The van der Waals surface area contributed by atoms with Crippen molar-refractivity contribution in [1.29, 1.82) is 5.41 Å². The highest BCUT2D eigenvalue weighted by molar-refractivity contribution is 8.00. The number of nitrogens with zero attached hydrogens (tertiary/aromatic N) is 2. The van der Waals surface area contributed by atoms with Crippen molar-refractivity contribution >= 4 is 41.8 Å². The van der Waals surface area contributed by atoms with Gasteiger partial charge < -0.3 is 26.0 Å². The number of benzene rings is 3. The second-order valence-corrected chi connectivity index (χ2v) is 10.5. The molecule has 5 N–H and O–H groups in total. The molecule has 2 unspecified atom stereocenters. The number of nitrogens with two attached hydrogens (primary N) is 2. The third kappa shape index (κ3) is 7.75. The van der Waals surface area contributed by atoms with Crippen LogP contribution in [0.15, 0.2) is 82.6 Å². The van der Waals surface area contributed by atoms with Gasteiger partial charge in [-0.15, -0.1) is 12.6 Å². The molecule has 9 heteroatoms. The normalized spacial score (nSPS) is 14.8. The second-order valence-electron chi connectivity index (χ2n) is 8.84. The van der Waals surface area contributed by atoms with Crippen LogP contribution in [0.25, 0.3) is 0 Å². The number of carbonyl (C=O) groups excluding carboxylic acids is 1. The number of anilines is 1. The maximum Gasteiger partial charge on any atom is 0.253 e. The molecule has 0 saturated heterocycles. The highest BCUT2D eigenvalue weighted by Gasteiger charge is 2.31. The quantitative estimate of drug-likeness (QED) is 0.196. The predicted molar refractivity (Wildman–Crippen MR) is 156 cm³/mol. The largest absolute Gasteiger partial charge is 0.384 e. The molecule has 0 bridgehead atoms. The molecule has 3 aromatic rings. The van der Waals surface area contributed by atoms with Crippen molar-refractivity contribution in [3.05, 3.63) is 89.5 Å². The molecule has 0 spiro atoms. The van der Waals surface area contributed by atoms with E-state index >= 15 is 0 Å². The van der Waals surface area contributed by atoms with Crippen molar-refractivity contribution < 1.29 is 9.53 Å². The van der Waals surface area contributed by atoms with E-state index in [1.54, 1.807) is 31.2 Å². The maximum atomic E-state index is 11.8. The summed E-state index contributed by atoms with van der Waals surface area (Å²) in [6.45, 7) is 1.13. The zero-order valence-corrected chi connectivity index (χ0v) is 23.1. The fraction of sp³-hybridized carbons (Fsp3) is 0.286.